The summed E-state index contributed by atoms with van der Waals surface area (Å²) in [6.07, 6.45) is 0. The molecule has 0 radical (unpaired) electrons. The average molecular weight is 216 g/mol. The van der Waals surface area contributed by atoms with Crippen LogP contribution in [0.2, 0.25) is 0 Å². The Morgan fingerprint density at radius 3 is 2.56 bits per heavy atom. The number of hydrogen-bond donors (Lipinski definition) is 1. The van der Waals surface area contributed by atoms with Gasteiger partial charge in [0.2, 0.25) is 5.82 Å². The Morgan fingerprint density at radius 2 is 1.94 bits per heavy atom. The van der Waals surface area contributed by atoms with E-state index in [0.29, 0.717) is 5.52 Å². The number of para-hydroxylation sites is 1. The number of aromatic carboxylic acids is 1. The van der Waals surface area contributed by atoms with Gasteiger partial charge >= 0.3 is 5.97 Å². The fourth-order valence-corrected chi connectivity index (χ4v) is 1.64. The van der Waals surface area contributed by atoms with Gasteiger partial charge in [-0.25, -0.2) is 14.8 Å². The molecule has 0 aliphatic rings. The summed E-state index contributed by atoms with van der Waals surface area (Å²) >= 11 is 0. The molecule has 0 saturated heterocycles. The number of benzene rings is 1. The maximum atomic E-state index is 10.9. The van der Waals surface area contributed by atoms with Crippen LogP contribution in [0, 0.1) is 0 Å². The van der Waals surface area contributed by atoms with Gasteiger partial charge in [-0.1, -0.05) is 32.0 Å². The third-order valence-corrected chi connectivity index (χ3v) is 2.37. The molecule has 4 nitrogen and oxygen atoms in total. The van der Waals surface area contributed by atoms with Crippen LogP contribution in [0.4, 0.5) is 0 Å². The second-order valence-corrected chi connectivity index (χ2v) is 3.91. The molecular weight excluding hydrogens is 204 g/mol. The van der Waals surface area contributed by atoms with Gasteiger partial charge in [-0.3, -0.25) is 0 Å². The summed E-state index contributed by atoms with van der Waals surface area (Å²) < 4.78 is 0. The van der Waals surface area contributed by atoms with E-state index in [1.165, 1.54) is 0 Å². The van der Waals surface area contributed by atoms with Crippen LogP contribution in [0.1, 0.15) is 36.1 Å². The largest absolute Gasteiger partial charge is 0.475 e. The smallest absolute Gasteiger partial charge is 0.373 e. The van der Waals surface area contributed by atoms with Gasteiger partial charge in [-0.05, 0) is 12.0 Å². The number of nitrogens with zero attached hydrogens (tertiary/aromatic N) is 2. The monoisotopic (exact) mass is 216 g/mol. The van der Waals surface area contributed by atoms with Gasteiger partial charge < -0.3 is 5.11 Å². The summed E-state index contributed by atoms with van der Waals surface area (Å²) in [6.45, 7) is 3.97. The summed E-state index contributed by atoms with van der Waals surface area (Å²) in [5.74, 6) is -1.05. The minimum absolute atomic E-state index is 0.137. The highest BCUT2D eigenvalue weighted by Gasteiger charge is 2.14. The third kappa shape index (κ3) is 1.74. The van der Waals surface area contributed by atoms with Gasteiger partial charge in [0.05, 0.1) is 11.2 Å². The van der Waals surface area contributed by atoms with Gasteiger partial charge in [-0.15, -0.1) is 0 Å². The molecule has 0 fully saturated rings. The lowest BCUT2D eigenvalue weighted by atomic mass is 10.0. The fraction of sp³-hybridized carbons (Fsp3) is 0.250. The number of carbonyl (C=O) groups is 1. The van der Waals surface area contributed by atoms with Crippen LogP contribution in [-0.4, -0.2) is 21.0 Å². The predicted molar refractivity (Wildman–Crippen MR) is 60.6 cm³/mol. The molecule has 0 aliphatic heterocycles. The van der Waals surface area contributed by atoms with E-state index in [2.05, 4.69) is 9.97 Å². The maximum absolute atomic E-state index is 10.9. The third-order valence-electron chi connectivity index (χ3n) is 2.37. The molecule has 2 aromatic rings. The Kier molecular flexibility index (Phi) is 2.56. The number of carboxylic acid groups (broad SMARTS) is 1. The van der Waals surface area contributed by atoms with Crippen molar-refractivity contribution in [1.82, 2.24) is 9.97 Å². The normalized spacial score (nSPS) is 10.9. The summed E-state index contributed by atoms with van der Waals surface area (Å²) in [6, 6.07) is 7.45. The van der Waals surface area contributed by atoms with Gasteiger partial charge in [-0.2, -0.15) is 0 Å². The summed E-state index contributed by atoms with van der Waals surface area (Å²) in [5.41, 5.74) is 1.46. The number of carboxylic acids is 1. The zero-order chi connectivity index (χ0) is 11.7. The van der Waals surface area contributed by atoms with Crippen LogP contribution in [0.3, 0.4) is 0 Å². The van der Waals surface area contributed by atoms with Gasteiger partial charge in [0.25, 0.3) is 0 Å². The van der Waals surface area contributed by atoms with E-state index in [0.717, 1.165) is 11.1 Å². The Balaban J connectivity index is 2.78. The summed E-state index contributed by atoms with van der Waals surface area (Å²) in [7, 11) is 0. The Hall–Kier alpha value is -1.97. The minimum atomic E-state index is -1.09. The number of fused-ring (bicyclic) bond motifs is 1. The fourth-order valence-electron chi connectivity index (χ4n) is 1.64. The van der Waals surface area contributed by atoms with Crippen molar-refractivity contribution in [3.05, 3.63) is 35.8 Å². The van der Waals surface area contributed by atoms with E-state index in [9.17, 15) is 4.79 Å². The van der Waals surface area contributed by atoms with Crippen molar-refractivity contribution in [1.29, 1.82) is 0 Å². The molecule has 16 heavy (non-hydrogen) atoms. The molecule has 1 aromatic heterocycles. The second-order valence-electron chi connectivity index (χ2n) is 3.91. The molecule has 0 unspecified atom stereocenters. The number of rotatable bonds is 2. The molecule has 1 N–H and O–H groups in total. The molecule has 0 saturated carbocycles. The molecule has 0 bridgehead atoms. The van der Waals surface area contributed by atoms with Crippen LogP contribution >= 0.6 is 0 Å². The van der Waals surface area contributed by atoms with Crippen LogP contribution in [0.5, 0.6) is 0 Å². The van der Waals surface area contributed by atoms with Crippen molar-refractivity contribution >= 4 is 16.9 Å². The minimum Gasteiger partial charge on any atom is -0.475 e. The van der Waals surface area contributed by atoms with E-state index in [1.54, 1.807) is 6.07 Å². The van der Waals surface area contributed by atoms with Crippen LogP contribution in [0.25, 0.3) is 10.9 Å². The Bertz CT molecular complexity index is 550. The van der Waals surface area contributed by atoms with E-state index >= 15 is 0 Å². The molecular formula is C12H12N2O2. The van der Waals surface area contributed by atoms with E-state index < -0.39 is 5.97 Å². The zero-order valence-corrected chi connectivity index (χ0v) is 9.14. The van der Waals surface area contributed by atoms with Crippen LogP contribution < -0.4 is 0 Å². The number of aromatic nitrogens is 2. The number of hydrogen-bond acceptors (Lipinski definition) is 3. The lowest BCUT2D eigenvalue weighted by Gasteiger charge is -2.09. The Labute approximate surface area is 93.0 Å². The first-order valence-electron chi connectivity index (χ1n) is 5.09. The lowest BCUT2D eigenvalue weighted by molar-refractivity contribution is 0.0683. The first-order valence-corrected chi connectivity index (χ1v) is 5.09. The van der Waals surface area contributed by atoms with Gasteiger partial charge in [0, 0.05) is 5.39 Å². The van der Waals surface area contributed by atoms with E-state index in [4.69, 9.17) is 5.11 Å². The van der Waals surface area contributed by atoms with Gasteiger partial charge in [0.1, 0.15) is 0 Å². The molecule has 0 atom stereocenters. The van der Waals surface area contributed by atoms with Crippen LogP contribution in [0.15, 0.2) is 24.3 Å². The molecule has 4 heteroatoms. The highest BCUT2D eigenvalue weighted by atomic mass is 16.4. The molecule has 0 amide bonds. The quantitative estimate of drug-likeness (QED) is 0.837. The van der Waals surface area contributed by atoms with Crippen molar-refractivity contribution in [2.24, 2.45) is 0 Å². The van der Waals surface area contributed by atoms with E-state index in [-0.39, 0.29) is 11.7 Å². The summed E-state index contributed by atoms with van der Waals surface area (Å²) in [4.78, 5) is 19.0. The second kappa shape index (κ2) is 3.89. The topological polar surface area (TPSA) is 63.1 Å². The van der Waals surface area contributed by atoms with Crippen molar-refractivity contribution in [2.45, 2.75) is 19.8 Å². The van der Waals surface area contributed by atoms with Crippen molar-refractivity contribution < 1.29 is 9.90 Å². The maximum Gasteiger partial charge on any atom is 0.373 e. The molecule has 0 aliphatic carbocycles. The molecule has 2 rings (SSSR count). The molecule has 1 aromatic carbocycles. The summed E-state index contributed by atoms with van der Waals surface area (Å²) in [5, 5.41) is 9.84. The first kappa shape index (κ1) is 10.5. The molecule has 82 valence electrons. The molecule has 0 spiro atoms. The predicted octanol–water partition coefficient (Wildman–Crippen LogP) is 2.45. The highest BCUT2D eigenvalue weighted by Crippen LogP contribution is 2.22. The highest BCUT2D eigenvalue weighted by molar-refractivity contribution is 5.88. The zero-order valence-electron chi connectivity index (χ0n) is 9.14. The SMILES string of the molecule is CC(C)c1nc(C(=O)O)nc2ccccc12. The Morgan fingerprint density at radius 1 is 1.25 bits per heavy atom. The standard InChI is InChI=1S/C12H12N2O2/c1-7(2)10-8-5-3-4-6-9(8)13-11(14-10)12(15)16/h3-7H,1-2H3,(H,15,16). The van der Waals surface area contributed by atoms with Gasteiger partial charge in [0.15, 0.2) is 0 Å². The van der Waals surface area contributed by atoms with Crippen molar-refractivity contribution in [3.63, 3.8) is 0 Å². The first-order chi connectivity index (χ1) is 7.59. The average Bonchev–Trinajstić information content (AvgIpc) is 2.27. The van der Waals surface area contributed by atoms with Crippen molar-refractivity contribution in [3.8, 4) is 0 Å². The van der Waals surface area contributed by atoms with E-state index in [1.807, 2.05) is 32.0 Å². The lowest BCUT2D eigenvalue weighted by Crippen LogP contribution is -2.08. The van der Waals surface area contributed by atoms with Crippen LogP contribution in [-0.2, 0) is 0 Å². The molecule has 1 heterocycles. The van der Waals surface area contributed by atoms with Crippen molar-refractivity contribution in [2.75, 3.05) is 0 Å².